The van der Waals surface area contributed by atoms with Crippen LogP contribution in [-0.4, -0.2) is 36.5 Å². The molecule has 1 saturated heterocycles. The number of halogens is 2. The van der Waals surface area contributed by atoms with Crippen LogP contribution in [0.1, 0.15) is 38.8 Å². The highest BCUT2D eigenvalue weighted by Gasteiger charge is 2.34. The summed E-state index contributed by atoms with van der Waals surface area (Å²) >= 11 is 12.1. The molecule has 2 rings (SSSR count). The summed E-state index contributed by atoms with van der Waals surface area (Å²) < 4.78 is 0. The number of hydrogen-bond acceptors (Lipinski definition) is 3. The molecule has 2 atom stereocenters. The first-order chi connectivity index (χ1) is 10.7. The van der Waals surface area contributed by atoms with Gasteiger partial charge in [-0.1, -0.05) is 43.1 Å². The van der Waals surface area contributed by atoms with E-state index in [1.807, 2.05) is 13.0 Å². The van der Waals surface area contributed by atoms with Crippen molar-refractivity contribution in [3.63, 3.8) is 0 Å². The van der Waals surface area contributed by atoms with E-state index in [1.54, 1.807) is 12.1 Å². The van der Waals surface area contributed by atoms with E-state index in [-0.39, 0.29) is 23.4 Å². The van der Waals surface area contributed by atoms with Gasteiger partial charge in [-0.2, -0.15) is 0 Å². The zero-order chi connectivity index (χ0) is 17.2. The summed E-state index contributed by atoms with van der Waals surface area (Å²) in [6.45, 7) is 8.29. The number of piperidine rings is 1. The zero-order valence-electron chi connectivity index (χ0n) is 13.9. The predicted molar refractivity (Wildman–Crippen MR) is 95.8 cm³/mol. The van der Waals surface area contributed by atoms with Crippen LogP contribution in [0, 0.1) is 5.41 Å². The van der Waals surface area contributed by atoms with E-state index < -0.39 is 0 Å². The van der Waals surface area contributed by atoms with E-state index in [1.165, 1.54) is 0 Å². The molecule has 0 spiro atoms. The van der Waals surface area contributed by atoms with Crippen molar-refractivity contribution in [3.8, 4) is 0 Å². The minimum atomic E-state index is -0.160. The topological polar surface area (TPSA) is 58.4 Å². The lowest BCUT2D eigenvalue weighted by Crippen LogP contribution is -2.54. The third kappa shape index (κ3) is 4.83. The minimum Gasteiger partial charge on any atom is -0.348 e. The Morgan fingerprint density at radius 2 is 2.17 bits per heavy atom. The minimum absolute atomic E-state index is 0.00483. The number of nitrogens with two attached hydrogens (primary N) is 1. The normalized spacial score (nSPS) is 22.6. The molecule has 1 heterocycles. The molecule has 0 aliphatic carbocycles. The average molecular weight is 358 g/mol. The molecule has 0 aromatic heterocycles. The van der Waals surface area contributed by atoms with Crippen molar-refractivity contribution in [1.29, 1.82) is 0 Å². The molecule has 1 amide bonds. The number of likely N-dealkylation sites (tertiary alicyclic amines) is 1. The summed E-state index contributed by atoms with van der Waals surface area (Å²) in [5.41, 5.74) is 7.04. The highest BCUT2D eigenvalue weighted by atomic mass is 35.5. The van der Waals surface area contributed by atoms with Crippen molar-refractivity contribution in [2.75, 3.05) is 19.6 Å². The maximum atomic E-state index is 12.3. The van der Waals surface area contributed by atoms with Crippen LogP contribution in [-0.2, 0) is 4.79 Å². The van der Waals surface area contributed by atoms with E-state index in [2.05, 4.69) is 24.1 Å². The first-order valence-electron chi connectivity index (χ1n) is 7.91. The number of hydrogen-bond donors (Lipinski definition) is 2. The van der Waals surface area contributed by atoms with Crippen LogP contribution in [0.3, 0.4) is 0 Å². The van der Waals surface area contributed by atoms with E-state index >= 15 is 0 Å². The number of nitrogens with one attached hydrogen (secondary N) is 1. The Labute approximate surface area is 148 Å². The molecule has 1 aliphatic heterocycles. The van der Waals surface area contributed by atoms with Crippen LogP contribution in [0.5, 0.6) is 0 Å². The van der Waals surface area contributed by atoms with Crippen molar-refractivity contribution in [3.05, 3.63) is 33.8 Å². The first kappa shape index (κ1) is 18.5. The lowest BCUT2D eigenvalue weighted by Gasteiger charge is -2.42. The number of benzene rings is 1. The molecule has 1 aliphatic rings. The van der Waals surface area contributed by atoms with Gasteiger partial charge in [0.2, 0.25) is 5.91 Å². The van der Waals surface area contributed by atoms with Crippen LogP contribution >= 0.6 is 23.2 Å². The lowest BCUT2D eigenvalue weighted by atomic mass is 9.80. The molecule has 1 aromatic carbocycles. The van der Waals surface area contributed by atoms with Crippen molar-refractivity contribution < 1.29 is 4.79 Å². The molecular formula is C17H25Cl2N3O. The molecule has 6 heteroatoms. The maximum Gasteiger partial charge on any atom is 0.234 e. The van der Waals surface area contributed by atoms with E-state index in [9.17, 15) is 4.79 Å². The Hall–Kier alpha value is -0.810. The third-order valence-electron chi connectivity index (χ3n) is 4.56. The summed E-state index contributed by atoms with van der Waals surface area (Å²) in [6, 6.07) is 5.34. The molecule has 0 bridgehead atoms. The molecule has 0 saturated carbocycles. The molecule has 1 aromatic rings. The number of amides is 1. The molecule has 2 unspecified atom stereocenters. The summed E-state index contributed by atoms with van der Waals surface area (Å²) in [4.78, 5) is 14.5. The van der Waals surface area contributed by atoms with Gasteiger partial charge in [-0.3, -0.25) is 9.69 Å². The predicted octanol–water partition coefficient (Wildman–Crippen LogP) is 3.23. The van der Waals surface area contributed by atoms with Gasteiger partial charge in [0.15, 0.2) is 0 Å². The molecule has 1 fully saturated rings. The zero-order valence-corrected chi connectivity index (χ0v) is 15.4. The second-order valence-electron chi connectivity index (χ2n) is 7.05. The fourth-order valence-corrected chi connectivity index (χ4v) is 3.61. The highest BCUT2D eigenvalue weighted by Crippen LogP contribution is 2.28. The fraction of sp³-hybridized carbons (Fsp3) is 0.588. The number of nitrogens with zero attached hydrogens (tertiary/aromatic N) is 1. The molecule has 0 radical (unpaired) electrons. The van der Waals surface area contributed by atoms with Crippen LogP contribution in [0.2, 0.25) is 10.0 Å². The van der Waals surface area contributed by atoms with Crippen LogP contribution in [0.4, 0.5) is 0 Å². The van der Waals surface area contributed by atoms with Crippen LogP contribution in [0.15, 0.2) is 18.2 Å². The van der Waals surface area contributed by atoms with Gasteiger partial charge in [0.05, 0.1) is 12.6 Å². The van der Waals surface area contributed by atoms with E-state index in [0.717, 1.165) is 25.1 Å². The molecule has 23 heavy (non-hydrogen) atoms. The Morgan fingerprint density at radius 3 is 2.78 bits per heavy atom. The maximum absolute atomic E-state index is 12.3. The standard InChI is InChI=1S/C17H25Cl2N3O/c1-11(13-5-4-12(18)8-14(13)19)21-16(23)9-22-7-6-15(20)17(2,3)10-22/h4-5,8,11,15H,6-7,9-10,20H2,1-3H3,(H,21,23). The fourth-order valence-electron chi connectivity index (χ4n) is 3.04. The van der Waals surface area contributed by atoms with Gasteiger partial charge in [-0.05, 0) is 36.5 Å². The van der Waals surface area contributed by atoms with Gasteiger partial charge in [-0.25, -0.2) is 0 Å². The van der Waals surface area contributed by atoms with Crippen LogP contribution < -0.4 is 11.1 Å². The first-order valence-corrected chi connectivity index (χ1v) is 8.67. The average Bonchev–Trinajstić information content (AvgIpc) is 2.42. The van der Waals surface area contributed by atoms with Gasteiger partial charge in [-0.15, -0.1) is 0 Å². The van der Waals surface area contributed by atoms with Gasteiger partial charge in [0.25, 0.3) is 0 Å². The van der Waals surface area contributed by atoms with Gasteiger partial charge in [0, 0.05) is 29.2 Å². The smallest absolute Gasteiger partial charge is 0.234 e. The van der Waals surface area contributed by atoms with Gasteiger partial charge < -0.3 is 11.1 Å². The largest absolute Gasteiger partial charge is 0.348 e. The van der Waals surface area contributed by atoms with Gasteiger partial charge >= 0.3 is 0 Å². The Balaban J connectivity index is 1.92. The SMILES string of the molecule is CC(NC(=O)CN1CCC(N)C(C)(C)C1)c1ccc(Cl)cc1Cl. The third-order valence-corrected chi connectivity index (χ3v) is 5.13. The molecule has 128 valence electrons. The second kappa shape index (κ2) is 7.39. The summed E-state index contributed by atoms with van der Waals surface area (Å²) in [5.74, 6) is -0.00483. The monoisotopic (exact) mass is 357 g/mol. The second-order valence-corrected chi connectivity index (χ2v) is 7.89. The van der Waals surface area contributed by atoms with Crippen molar-refractivity contribution >= 4 is 29.1 Å². The lowest BCUT2D eigenvalue weighted by molar-refractivity contribution is -0.123. The summed E-state index contributed by atoms with van der Waals surface area (Å²) in [7, 11) is 0. The van der Waals surface area contributed by atoms with Crippen molar-refractivity contribution in [2.45, 2.75) is 39.3 Å². The quantitative estimate of drug-likeness (QED) is 0.869. The summed E-state index contributed by atoms with van der Waals surface area (Å²) in [6.07, 6.45) is 0.916. The Kier molecular flexibility index (Phi) is 5.95. The highest BCUT2D eigenvalue weighted by molar-refractivity contribution is 6.35. The van der Waals surface area contributed by atoms with E-state index in [0.29, 0.717) is 16.6 Å². The molecule has 4 nitrogen and oxygen atoms in total. The number of rotatable bonds is 4. The molecule has 3 N–H and O–H groups in total. The van der Waals surface area contributed by atoms with Crippen LogP contribution in [0.25, 0.3) is 0 Å². The van der Waals surface area contributed by atoms with E-state index in [4.69, 9.17) is 28.9 Å². The Morgan fingerprint density at radius 1 is 1.48 bits per heavy atom. The van der Waals surface area contributed by atoms with Crippen molar-refractivity contribution in [2.24, 2.45) is 11.1 Å². The number of carbonyl (C=O) groups excluding carboxylic acids is 1. The number of carbonyl (C=O) groups is 1. The summed E-state index contributed by atoms with van der Waals surface area (Å²) in [5, 5.41) is 4.16. The Bertz CT molecular complexity index is 577. The van der Waals surface area contributed by atoms with Gasteiger partial charge in [0.1, 0.15) is 0 Å². The molecular weight excluding hydrogens is 333 g/mol. The van der Waals surface area contributed by atoms with Crippen molar-refractivity contribution in [1.82, 2.24) is 10.2 Å².